The number of hydrogen-bond donors (Lipinski definition) is 1. The molecule has 0 bridgehead atoms. The molecule has 0 spiro atoms. The Morgan fingerprint density at radius 3 is 2.35 bits per heavy atom. The molecule has 1 atom stereocenters. The summed E-state index contributed by atoms with van der Waals surface area (Å²) in [6.45, 7) is 0. The van der Waals surface area contributed by atoms with Crippen molar-refractivity contribution in [3.05, 3.63) is 29.8 Å². The molecule has 3 rings (SSSR count). The predicted molar refractivity (Wildman–Crippen MR) is 74.5 cm³/mol. The molecule has 1 aliphatic carbocycles. The average molecular weight is 273 g/mol. The van der Waals surface area contributed by atoms with Crippen LogP contribution in [0.1, 0.15) is 50.0 Å². The lowest BCUT2D eigenvalue weighted by atomic mass is 9.98. The molecule has 2 fully saturated rings. The van der Waals surface area contributed by atoms with Crippen LogP contribution in [0.25, 0.3) is 0 Å². The Bertz CT molecular complexity index is 503. The Labute approximate surface area is 118 Å². The van der Waals surface area contributed by atoms with Crippen LogP contribution in [0.2, 0.25) is 0 Å². The molecule has 4 nitrogen and oxygen atoms in total. The first-order valence-corrected chi connectivity index (χ1v) is 7.33. The Morgan fingerprint density at radius 1 is 1.00 bits per heavy atom. The number of benzene rings is 1. The second-order valence-corrected chi connectivity index (χ2v) is 5.61. The second-order valence-electron chi connectivity index (χ2n) is 5.61. The smallest absolute Gasteiger partial charge is 0.267 e. The van der Waals surface area contributed by atoms with E-state index < -0.39 is 6.10 Å². The molecule has 1 saturated heterocycles. The van der Waals surface area contributed by atoms with Crippen molar-refractivity contribution in [2.75, 3.05) is 0 Å². The molecule has 1 saturated carbocycles. The number of carbonyl (C=O) groups excluding carboxylic acids is 2. The van der Waals surface area contributed by atoms with Gasteiger partial charge in [-0.15, -0.1) is 0 Å². The zero-order chi connectivity index (χ0) is 13.9. The Morgan fingerprint density at radius 2 is 1.70 bits per heavy atom. The number of rotatable bonds is 3. The Hall–Kier alpha value is -1.84. The minimum absolute atomic E-state index is 0.216. The lowest BCUT2D eigenvalue weighted by Gasteiger charge is -2.22. The zero-order valence-electron chi connectivity index (χ0n) is 11.4. The average Bonchev–Trinajstić information content (AvgIpc) is 2.97. The third-order valence-electron chi connectivity index (χ3n) is 4.17. The van der Waals surface area contributed by atoms with Crippen molar-refractivity contribution in [3.8, 4) is 5.75 Å². The number of amides is 2. The van der Waals surface area contributed by atoms with Gasteiger partial charge in [-0.2, -0.15) is 0 Å². The second kappa shape index (κ2) is 5.65. The minimum Gasteiger partial charge on any atom is -0.481 e. The number of nitrogens with one attached hydrogen (secondary N) is 1. The maximum absolute atomic E-state index is 11.6. The van der Waals surface area contributed by atoms with Gasteiger partial charge in [0.15, 0.2) is 6.10 Å². The largest absolute Gasteiger partial charge is 0.481 e. The fourth-order valence-electron chi connectivity index (χ4n) is 3.03. The summed E-state index contributed by atoms with van der Waals surface area (Å²) < 4.78 is 5.67. The van der Waals surface area contributed by atoms with Gasteiger partial charge >= 0.3 is 0 Å². The van der Waals surface area contributed by atoms with Crippen molar-refractivity contribution in [3.63, 3.8) is 0 Å². The van der Waals surface area contributed by atoms with Crippen LogP contribution in [0.15, 0.2) is 24.3 Å². The first-order chi connectivity index (χ1) is 9.72. The molecule has 1 aromatic rings. The molecular weight excluding hydrogens is 254 g/mol. The standard InChI is InChI=1S/C16H19NO3/c18-15-10-9-14(16(19)17-15)20-13-7-5-12(6-8-13)11-3-1-2-4-11/h5-8,11,14H,1-4,9-10H2,(H,17,18,19). The minimum atomic E-state index is -0.551. The van der Waals surface area contributed by atoms with E-state index in [0.717, 1.165) is 0 Å². The van der Waals surface area contributed by atoms with Gasteiger partial charge in [0.1, 0.15) is 5.75 Å². The van der Waals surface area contributed by atoms with E-state index in [1.807, 2.05) is 12.1 Å². The third kappa shape index (κ3) is 2.84. The number of ether oxygens (including phenoxy) is 1. The molecule has 1 aromatic carbocycles. The van der Waals surface area contributed by atoms with Gasteiger partial charge in [0, 0.05) is 12.8 Å². The third-order valence-corrected chi connectivity index (χ3v) is 4.17. The first-order valence-electron chi connectivity index (χ1n) is 7.33. The molecule has 1 aliphatic heterocycles. The summed E-state index contributed by atoms with van der Waals surface area (Å²) in [5, 5.41) is 2.30. The highest BCUT2D eigenvalue weighted by Gasteiger charge is 2.28. The van der Waals surface area contributed by atoms with Crippen LogP contribution in [0.5, 0.6) is 5.75 Å². The van der Waals surface area contributed by atoms with Gasteiger partial charge in [-0.1, -0.05) is 25.0 Å². The molecule has 2 amide bonds. The van der Waals surface area contributed by atoms with Crippen molar-refractivity contribution in [2.45, 2.75) is 50.5 Å². The van der Waals surface area contributed by atoms with Crippen molar-refractivity contribution < 1.29 is 14.3 Å². The molecule has 2 aliphatic rings. The van der Waals surface area contributed by atoms with Crippen LogP contribution in [0.3, 0.4) is 0 Å². The van der Waals surface area contributed by atoms with Crippen LogP contribution in [0, 0.1) is 0 Å². The van der Waals surface area contributed by atoms with E-state index in [-0.39, 0.29) is 11.8 Å². The van der Waals surface area contributed by atoms with Crippen molar-refractivity contribution in [2.24, 2.45) is 0 Å². The van der Waals surface area contributed by atoms with Gasteiger partial charge in [0.25, 0.3) is 5.91 Å². The predicted octanol–water partition coefficient (Wildman–Crippen LogP) is 2.53. The van der Waals surface area contributed by atoms with E-state index in [2.05, 4.69) is 17.4 Å². The number of imide groups is 1. The summed E-state index contributed by atoms with van der Waals surface area (Å²) >= 11 is 0. The van der Waals surface area contributed by atoms with Crippen molar-refractivity contribution >= 4 is 11.8 Å². The van der Waals surface area contributed by atoms with Gasteiger partial charge in [0.05, 0.1) is 0 Å². The Kier molecular flexibility index (Phi) is 3.72. The zero-order valence-corrected chi connectivity index (χ0v) is 11.4. The normalized spacial score (nSPS) is 23.7. The van der Waals surface area contributed by atoms with Gasteiger partial charge < -0.3 is 4.74 Å². The summed E-state index contributed by atoms with van der Waals surface area (Å²) in [7, 11) is 0. The van der Waals surface area contributed by atoms with E-state index in [1.54, 1.807) is 0 Å². The quantitative estimate of drug-likeness (QED) is 0.861. The van der Waals surface area contributed by atoms with Crippen molar-refractivity contribution in [1.82, 2.24) is 5.32 Å². The highest BCUT2D eigenvalue weighted by atomic mass is 16.5. The summed E-state index contributed by atoms with van der Waals surface area (Å²) in [4.78, 5) is 22.7. The molecule has 4 heteroatoms. The van der Waals surface area contributed by atoms with Gasteiger partial charge in [-0.3, -0.25) is 14.9 Å². The van der Waals surface area contributed by atoms with E-state index in [0.29, 0.717) is 24.5 Å². The van der Waals surface area contributed by atoms with Crippen LogP contribution in [-0.2, 0) is 9.59 Å². The van der Waals surface area contributed by atoms with Gasteiger partial charge in [-0.25, -0.2) is 0 Å². The van der Waals surface area contributed by atoms with E-state index in [9.17, 15) is 9.59 Å². The molecule has 1 unspecified atom stereocenters. The molecule has 0 aromatic heterocycles. The molecular formula is C16H19NO3. The maximum atomic E-state index is 11.6. The summed E-state index contributed by atoms with van der Waals surface area (Å²) in [5.41, 5.74) is 1.36. The van der Waals surface area contributed by atoms with E-state index in [4.69, 9.17) is 4.74 Å². The topological polar surface area (TPSA) is 55.4 Å². The summed E-state index contributed by atoms with van der Waals surface area (Å²) in [5.74, 6) is 0.827. The van der Waals surface area contributed by atoms with Crippen LogP contribution in [0.4, 0.5) is 0 Å². The summed E-state index contributed by atoms with van der Waals surface area (Å²) in [6.07, 6.45) is 5.43. The van der Waals surface area contributed by atoms with Crippen molar-refractivity contribution in [1.29, 1.82) is 0 Å². The van der Waals surface area contributed by atoms with Crippen LogP contribution in [-0.4, -0.2) is 17.9 Å². The van der Waals surface area contributed by atoms with Gasteiger partial charge in [-0.05, 0) is 36.5 Å². The molecule has 1 heterocycles. The molecule has 0 radical (unpaired) electrons. The maximum Gasteiger partial charge on any atom is 0.267 e. The lowest BCUT2D eigenvalue weighted by molar-refractivity contribution is -0.138. The molecule has 20 heavy (non-hydrogen) atoms. The van der Waals surface area contributed by atoms with Crippen LogP contribution >= 0.6 is 0 Å². The first kappa shape index (κ1) is 13.2. The fraction of sp³-hybridized carbons (Fsp3) is 0.500. The SMILES string of the molecule is O=C1CCC(Oc2ccc(C3CCCC3)cc2)C(=O)N1. The number of carbonyl (C=O) groups is 2. The lowest BCUT2D eigenvalue weighted by Crippen LogP contribution is -2.46. The van der Waals surface area contributed by atoms with E-state index in [1.165, 1.54) is 31.2 Å². The Balaban J connectivity index is 1.63. The number of piperidine rings is 1. The highest BCUT2D eigenvalue weighted by Crippen LogP contribution is 2.34. The monoisotopic (exact) mass is 273 g/mol. The van der Waals surface area contributed by atoms with Gasteiger partial charge in [0.2, 0.25) is 5.91 Å². The molecule has 106 valence electrons. The highest BCUT2D eigenvalue weighted by molar-refractivity contribution is 5.99. The van der Waals surface area contributed by atoms with Crippen LogP contribution < -0.4 is 10.1 Å². The fourth-order valence-corrected chi connectivity index (χ4v) is 3.03. The molecule has 1 N–H and O–H groups in total. The van der Waals surface area contributed by atoms with E-state index >= 15 is 0 Å². The summed E-state index contributed by atoms with van der Waals surface area (Å²) in [6, 6.07) is 8.04. The number of hydrogen-bond acceptors (Lipinski definition) is 3.